The predicted molar refractivity (Wildman–Crippen MR) is 80.4 cm³/mol. The van der Waals surface area contributed by atoms with Crippen LogP contribution in [0.4, 0.5) is 0 Å². The molecule has 1 aliphatic rings. The summed E-state index contributed by atoms with van der Waals surface area (Å²) < 4.78 is 17.3. The lowest BCUT2D eigenvalue weighted by atomic mass is 9.96. The summed E-state index contributed by atoms with van der Waals surface area (Å²) in [5.74, 6) is 1.40. The molecule has 0 saturated carbocycles. The van der Waals surface area contributed by atoms with Gasteiger partial charge in [-0.05, 0) is 60.3 Å². The molecule has 1 aromatic carbocycles. The fourth-order valence-corrected chi connectivity index (χ4v) is 2.65. The summed E-state index contributed by atoms with van der Waals surface area (Å²) in [6, 6.07) is 3.74. The van der Waals surface area contributed by atoms with E-state index in [9.17, 15) is 5.11 Å². The lowest BCUT2D eigenvalue weighted by molar-refractivity contribution is 0.00274. The SMILES string of the molecule is COC(C)(C)CCC(O)c1cc(Br)c2c(c1)OCCO2. The van der Waals surface area contributed by atoms with Crippen LogP contribution in [0.5, 0.6) is 11.5 Å². The Morgan fingerprint density at radius 2 is 2.05 bits per heavy atom. The number of fused-ring (bicyclic) bond motifs is 1. The number of aliphatic hydroxyl groups is 1. The minimum absolute atomic E-state index is 0.230. The minimum atomic E-state index is -0.545. The van der Waals surface area contributed by atoms with Crippen LogP contribution < -0.4 is 9.47 Å². The highest BCUT2D eigenvalue weighted by Gasteiger charge is 2.22. The fraction of sp³-hybridized carbons (Fsp3) is 0.600. The van der Waals surface area contributed by atoms with E-state index in [1.165, 1.54) is 0 Å². The molecule has 0 aromatic heterocycles. The van der Waals surface area contributed by atoms with Gasteiger partial charge in [-0.3, -0.25) is 0 Å². The molecular weight excluding hydrogens is 324 g/mol. The van der Waals surface area contributed by atoms with Crippen LogP contribution in [0.2, 0.25) is 0 Å². The molecule has 0 fully saturated rings. The first-order valence-electron chi connectivity index (χ1n) is 6.75. The van der Waals surface area contributed by atoms with Crippen molar-refractivity contribution in [3.63, 3.8) is 0 Å². The van der Waals surface area contributed by atoms with Crippen LogP contribution in [-0.2, 0) is 4.74 Å². The van der Waals surface area contributed by atoms with Gasteiger partial charge < -0.3 is 19.3 Å². The van der Waals surface area contributed by atoms with E-state index in [1.54, 1.807) is 7.11 Å². The van der Waals surface area contributed by atoms with Gasteiger partial charge in [0.2, 0.25) is 0 Å². The van der Waals surface area contributed by atoms with Crippen LogP contribution in [0.25, 0.3) is 0 Å². The molecule has 0 radical (unpaired) electrons. The maximum atomic E-state index is 10.3. The average Bonchev–Trinajstić information content (AvgIpc) is 2.45. The first-order chi connectivity index (χ1) is 9.43. The molecule has 1 heterocycles. The summed E-state index contributed by atoms with van der Waals surface area (Å²) in [5.41, 5.74) is 0.597. The molecule has 2 rings (SSSR count). The smallest absolute Gasteiger partial charge is 0.175 e. The van der Waals surface area contributed by atoms with E-state index in [0.717, 1.165) is 16.5 Å². The van der Waals surface area contributed by atoms with Gasteiger partial charge in [-0.25, -0.2) is 0 Å². The Hall–Kier alpha value is -0.780. The minimum Gasteiger partial charge on any atom is -0.486 e. The van der Waals surface area contributed by atoms with E-state index >= 15 is 0 Å². The van der Waals surface area contributed by atoms with Crippen LogP contribution in [0.15, 0.2) is 16.6 Å². The lowest BCUT2D eigenvalue weighted by Crippen LogP contribution is -2.23. The molecule has 1 N–H and O–H groups in total. The van der Waals surface area contributed by atoms with Gasteiger partial charge in [0.15, 0.2) is 11.5 Å². The van der Waals surface area contributed by atoms with Gasteiger partial charge >= 0.3 is 0 Å². The predicted octanol–water partition coefficient (Wildman–Crippen LogP) is 3.46. The van der Waals surface area contributed by atoms with Crippen molar-refractivity contribution in [2.45, 2.75) is 38.4 Å². The zero-order valence-electron chi connectivity index (χ0n) is 12.1. The highest BCUT2D eigenvalue weighted by molar-refractivity contribution is 9.10. The fourth-order valence-electron chi connectivity index (χ4n) is 2.08. The molecule has 1 aromatic rings. The van der Waals surface area contributed by atoms with Gasteiger partial charge in [0.05, 0.1) is 16.2 Å². The molecule has 112 valence electrons. The zero-order chi connectivity index (χ0) is 14.8. The van der Waals surface area contributed by atoms with Crippen molar-refractivity contribution in [1.82, 2.24) is 0 Å². The van der Waals surface area contributed by atoms with Crippen LogP contribution in [-0.4, -0.2) is 31.0 Å². The second kappa shape index (κ2) is 6.33. The quantitative estimate of drug-likeness (QED) is 0.888. The van der Waals surface area contributed by atoms with E-state index in [4.69, 9.17) is 14.2 Å². The molecule has 0 amide bonds. The Labute approximate surface area is 128 Å². The summed E-state index contributed by atoms with van der Waals surface area (Å²) in [4.78, 5) is 0. The van der Waals surface area contributed by atoms with Gasteiger partial charge in [0.1, 0.15) is 13.2 Å². The molecule has 0 aliphatic carbocycles. The summed E-state index contributed by atoms with van der Waals surface area (Å²) >= 11 is 3.46. The van der Waals surface area contributed by atoms with Crippen molar-refractivity contribution >= 4 is 15.9 Å². The number of benzene rings is 1. The molecule has 1 unspecified atom stereocenters. The topological polar surface area (TPSA) is 47.9 Å². The van der Waals surface area contributed by atoms with E-state index in [0.29, 0.717) is 31.1 Å². The van der Waals surface area contributed by atoms with E-state index in [2.05, 4.69) is 15.9 Å². The Bertz CT molecular complexity index is 473. The standard InChI is InChI=1S/C15H21BrO4/c1-15(2,18-3)5-4-12(17)10-8-11(16)14-13(9-10)19-6-7-20-14/h8-9,12,17H,4-7H2,1-3H3. The van der Waals surface area contributed by atoms with Crippen LogP contribution >= 0.6 is 15.9 Å². The second-order valence-corrected chi connectivity index (χ2v) is 6.40. The van der Waals surface area contributed by atoms with E-state index in [-0.39, 0.29) is 5.60 Å². The number of rotatable bonds is 5. The largest absolute Gasteiger partial charge is 0.486 e. The number of hydrogen-bond acceptors (Lipinski definition) is 4. The number of halogens is 1. The highest BCUT2D eigenvalue weighted by Crippen LogP contribution is 2.40. The number of methoxy groups -OCH3 is 1. The molecule has 0 saturated heterocycles. The van der Waals surface area contributed by atoms with Crippen LogP contribution in [0.1, 0.15) is 38.4 Å². The number of ether oxygens (including phenoxy) is 3. The van der Waals surface area contributed by atoms with E-state index in [1.807, 2.05) is 26.0 Å². The van der Waals surface area contributed by atoms with E-state index < -0.39 is 6.10 Å². The molecule has 0 bridgehead atoms. The summed E-state index contributed by atoms with van der Waals surface area (Å²) in [6.07, 6.45) is 0.862. The van der Waals surface area contributed by atoms with Gasteiger partial charge in [-0.15, -0.1) is 0 Å². The molecule has 1 atom stereocenters. The maximum Gasteiger partial charge on any atom is 0.175 e. The lowest BCUT2D eigenvalue weighted by Gasteiger charge is -2.25. The highest BCUT2D eigenvalue weighted by atomic mass is 79.9. The Morgan fingerprint density at radius 3 is 2.75 bits per heavy atom. The number of aliphatic hydroxyl groups excluding tert-OH is 1. The van der Waals surface area contributed by atoms with Crippen LogP contribution in [0, 0.1) is 0 Å². The Kier molecular flexibility index (Phi) is 4.94. The molecule has 20 heavy (non-hydrogen) atoms. The normalized spacial score (nSPS) is 16.1. The van der Waals surface area contributed by atoms with Crippen molar-refractivity contribution in [2.24, 2.45) is 0 Å². The van der Waals surface area contributed by atoms with Gasteiger partial charge in [-0.1, -0.05) is 0 Å². The van der Waals surface area contributed by atoms with Gasteiger partial charge in [-0.2, -0.15) is 0 Å². The third-order valence-electron chi connectivity index (χ3n) is 3.58. The third kappa shape index (κ3) is 3.65. The summed E-state index contributed by atoms with van der Waals surface area (Å²) in [7, 11) is 1.69. The Balaban J connectivity index is 2.10. The zero-order valence-corrected chi connectivity index (χ0v) is 13.7. The molecular formula is C15H21BrO4. The number of hydrogen-bond donors (Lipinski definition) is 1. The van der Waals surface area contributed by atoms with Crippen molar-refractivity contribution in [3.8, 4) is 11.5 Å². The van der Waals surface area contributed by atoms with Crippen molar-refractivity contribution < 1.29 is 19.3 Å². The summed E-state index contributed by atoms with van der Waals surface area (Å²) in [5, 5.41) is 10.3. The average molecular weight is 345 g/mol. The molecule has 5 heteroatoms. The van der Waals surface area contributed by atoms with Gasteiger partial charge in [0, 0.05) is 7.11 Å². The molecule has 4 nitrogen and oxygen atoms in total. The first-order valence-corrected chi connectivity index (χ1v) is 7.54. The first kappa shape index (κ1) is 15.6. The Morgan fingerprint density at radius 1 is 1.35 bits per heavy atom. The van der Waals surface area contributed by atoms with Crippen molar-refractivity contribution in [3.05, 3.63) is 22.2 Å². The van der Waals surface area contributed by atoms with Gasteiger partial charge in [0.25, 0.3) is 0 Å². The maximum absolute atomic E-state index is 10.3. The van der Waals surface area contributed by atoms with Crippen LogP contribution in [0.3, 0.4) is 0 Å². The van der Waals surface area contributed by atoms with Crippen molar-refractivity contribution in [2.75, 3.05) is 20.3 Å². The molecule has 0 spiro atoms. The second-order valence-electron chi connectivity index (χ2n) is 5.55. The monoisotopic (exact) mass is 344 g/mol. The molecule has 1 aliphatic heterocycles. The third-order valence-corrected chi connectivity index (χ3v) is 4.17. The van der Waals surface area contributed by atoms with Crippen molar-refractivity contribution in [1.29, 1.82) is 0 Å². The summed E-state index contributed by atoms with van der Waals surface area (Å²) in [6.45, 7) is 5.12.